The minimum Gasteiger partial charge on any atom is -0.323 e. The quantitative estimate of drug-likeness (QED) is 0.893. The standard InChI is InChI=1S/C11H10Cl2N2S/c1-6(14)9-5-15-11(16-9)10-7(12)3-2-4-8(10)13/h2-6H,14H2,1H3. The van der Waals surface area contributed by atoms with Crippen LogP contribution in [0.15, 0.2) is 24.4 Å². The maximum atomic E-state index is 6.10. The Balaban J connectivity index is 2.50. The van der Waals surface area contributed by atoms with E-state index >= 15 is 0 Å². The molecule has 1 aromatic carbocycles. The lowest BCUT2D eigenvalue weighted by molar-refractivity contribution is 0.835. The average molecular weight is 273 g/mol. The van der Waals surface area contributed by atoms with Crippen molar-refractivity contribution in [2.75, 3.05) is 0 Å². The van der Waals surface area contributed by atoms with Gasteiger partial charge < -0.3 is 5.73 Å². The summed E-state index contributed by atoms with van der Waals surface area (Å²) in [6.45, 7) is 1.92. The lowest BCUT2D eigenvalue weighted by Crippen LogP contribution is -2.01. The lowest BCUT2D eigenvalue weighted by atomic mass is 10.2. The van der Waals surface area contributed by atoms with Gasteiger partial charge in [-0.15, -0.1) is 11.3 Å². The van der Waals surface area contributed by atoms with Gasteiger partial charge in [-0.3, -0.25) is 0 Å². The van der Waals surface area contributed by atoms with Crippen molar-refractivity contribution in [2.24, 2.45) is 5.73 Å². The molecule has 0 saturated heterocycles. The van der Waals surface area contributed by atoms with Gasteiger partial charge >= 0.3 is 0 Å². The summed E-state index contributed by atoms with van der Waals surface area (Å²) in [5, 5.41) is 2.03. The fourth-order valence-electron chi connectivity index (χ4n) is 1.31. The first-order valence-corrected chi connectivity index (χ1v) is 6.32. The predicted molar refractivity (Wildman–Crippen MR) is 70.2 cm³/mol. The van der Waals surface area contributed by atoms with Gasteiger partial charge in [0.1, 0.15) is 5.01 Å². The molecule has 0 spiro atoms. The van der Waals surface area contributed by atoms with E-state index in [9.17, 15) is 0 Å². The smallest absolute Gasteiger partial charge is 0.126 e. The first kappa shape index (κ1) is 11.9. The molecule has 2 aromatic rings. The highest BCUT2D eigenvalue weighted by atomic mass is 35.5. The summed E-state index contributed by atoms with van der Waals surface area (Å²) in [4.78, 5) is 5.32. The Morgan fingerprint density at radius 3 is 2.44 bits per heavy atom. The van der Waals surface area contributed by atoms with Crippen LogP contribution in [0, 0.1) is 0 Å². The number of aromatic nitrogens is 1. The molecule has 5 heteroatoms. The summed E-state index contributed by atoms with van der Waals surface area (Å²) in [5.74, 6) is 0. The number of benzene rings is 1. The molecule has 0 fully saturated rings. The summed E-state index contributed by atoms with van der Waals surface area (Å²) in [7, 11) is 0. The Hall–Kier alpha value is -0.610. The summed E-state index contributed by atoms with van der Waals surface area (Å²) in [6, 6.07) is 5.40. The molecule has 1 heterocycles. The van der Waals surface area contributed by atoms with Gasteiger partial charge in [0.25, 0.3) is 0 Å². The van der Waals surface area contributed by atoms with Crippen molar-refractivity contribution in [2.45, 2.75) is 13.0 Å². The molecule has 1 atom stereocenters. The van der Waals surface area contributed by atoms with E-state index < -0.39 is 0 Å². The van der Waals surface area contributed by atoms with Crippen molar-refractivity contribution in [1.82, 2.24) is 4.98 Å². The Morgan fingerprint density at radius 1 is 1.31 bits per heavy atom. The zero-order valence-corrected chi connectivity index (χ0v) is 10.9. The Bertz CT molecular complexity index is 488. The number of nitrogens with two attached hydrogens (primary N) is 1. The Kier molecular flexibility index (Phi) is 3.50. The largest absolute Gasteiger partial charge is 0.323 e. The van der Waals surface area contributed by atoms with Gasteiger partial charge in [0, 0.05) is 22.7 Å². The van der Waals surface area contributed by atoms with Crippen LogP contribution in [0.5, 0.6) is 0 Å². The molecular weight excluding hydrogens is 263 g/mol. The molecule has 1 aromatic heterocycles. The number of hydrogen-bond acceptors (Lipinski definition) is 3. The van der Waals surface area contributed by atoms with Crippen LogP contribution in [0.1, 0.15) is 17.8 Å². The SMILES string of the molecule is CC(N)c1cnc(-c2c(Cl)cccc2Cl)s1. The molecule has 84 valence electrons. The third-order valence-corrected chi connectivity index (χ3v) is 3.99. The lowest BCUT2D eigenvalue weighted by Gasteiger charge is -2.02. The van der Waals surface area contributed by atoms with E-state index in [1.165, 1.54) is 11.3 Å². The molecule has 0 aliphatic heterocycles. The molecule has 0 aliphatic rings. The van der Waals surface area contributed by atoms with Gasteiger partial charge in [-0.2, -0.15) is 0 Å². The van der Waals surface area contributed by atoms with E-state index in [0.717, 1.165) is 15.4 Å². The van der Waals surface area contributed by atoms with Crippen LogP contribution < -0.4 is 5.73 Å². The summed E-state index contributed by atoms with van der Waals surface area (Å²) < 4.78 is 0. The molecule has 2 nitrogen and oxygen atoms in total. The molecule has 2 rings (SSSR count). The second-order valence-corrected chi connectivity index (χ2v) is 5.33. The van der Waals surface area contributed by atoms with E-state index in [4.69, 9.17) is 28.9 Å². The monoisotopic (exact) mass is 272 g/mol. The normalized spacial score (nSPS) is 12.8. The van der Waals surface area contributed by atoms with Crippen molar-refractivity contribution in [3.63, 3.8) is 0 Å². The fourth-order valence-corrected chi connectivity index (χ4v) is 2.95. The van der Waals surface area contributed by atoms with Crippen molar-refractivity contribution >= 4 is 34.5 Å². The molecule has 0 bridgehead atoms. The highest BCUT2D eigenvalue weighted by Crippen LogP contribution is 2.37. The molecule has 0 aliphatic carbocycles. The van der Waals surface area contributed by atoms with Crippen molar-refractivity contribution in [3.8, 4) is 10.6 Å². The van der Waals surface area contributed by atoms with Crippen molar-refractivity contribution in [3.05, 3.63) is 39.3 Å². The van der Waals surface area contributed by atoms with E-state index in [0.29, 0.717) is 10.0 Å². The Morgan fingerprint density at radius 2 is 1.94 bits per heavy atom. The molecule has 0 amide bonds. The topological polar surface area (TPSA) is 38.9 Å². The molecule has 1 unspecified atom stereocenters. The molecule has 0 radical (unpaired) electrons. The summed E-state index contributed by atoms with van der Waals surface area (Å²) >= 11 is 13.7. The summed E-state index contributed by atoms with van der Waals surface area (Å²) in [6.07, 6.45) is 1.77. The number of rotatable bonds is 2. The summed E-state index contributed by atoms with van der Waals surface area (Å²) in [5.41, 5.74) is 6.57. The molecule has 0 saturated carbocycles. The Labute approximate surface area is 108 Å². The zero-order valence-electron chi connectivity index (χ0n) is 8.58. The third kappa shape index (κ3) is 2.23. The maximum absolute atomic E-state index is 6.10. The van der Waals surface area contributed by atoms with Gasteiger partial charge in [0.05, 0.1) is 10.0 Å². The highest BCUT2D eigenvalue weighted by Gasteiger charge is 2.13. The van der Waals surface area contributed by atoms with Crippen LogP contribution in [0.2, 0.25) is 10.0 Å². The number of nitrogens with zero attached hydrogens (tertiary/aromatic N) is 1. The van der Waals surface area contributed by atoms with Gasteiger partial charge in [-0.1, -0.05) is 29.3 Å². The number of thiazole rings is 1. The van der Waals surface area contributed by atoms with Gasteiger partial charge in [-0.05, 0) is 19.1 Å². The predicted octanol–water partition coefficient (Wildman–Crippen LogP) is 4.14. The van der Waals surface area contributed by atoms with Crippen LogP contribution in [-0.4, -0.2) is 4.98 Å². The highest BCUT2D eigenvalue weighted by molar-refractivity contribution is 7.15. The van der Waals surface area contributed by atoms with Crippen LogP contribution in [0.25, 0.3) is 10.6 Å². The van der Waals surface area contributed by atoms with Gasteiger partial charge in [-0.25, -0.2) is 4.98 Å². The third-order valence-electron chi connectivity index (χ3n) is 2.15. The van der Waals surface area contributed by atoms with Crippen LogP contribution in [0.3, 0.4) is 0 Å². The van der Waals surface area contributed by atoms with E-state index in [1.54, 1.807) is 18.3 Å². The second-order valence-electron chi connectivity index (χ2n) is 3.45. The van der Waals surface area contributed by atoms with Crippen LogP contribution in [0.4, 0.5) is 0 Å². The second kappa shape index (κ2) is 4.72. The molecule has 16 heavy (non-hydrogen) atoms. The van der Waals surface area contributed by atoms with Crippen LogP contribution in [-0.2, 0) is 0 Å². The van der Waals surface area contributed by atoms with Crippen molar-refractivity contribution < 1.29 is 0 Å². The van der Waals surface area contributed by atoms with Gasteiger partial charge in [0.15, 0.2) is 0 Å². The first-order chi connectivity index (χ1) is 7.59. The zero-order chi connectivity index (χ0) is 11.7. The van der Waals surface area contributed by atoms with E-state index in [-0.39, 0.29) is 6.04 Å². The van der Waals surface area contributed by atoms with Gasteiger partial charge in [0.2, 0.25) is 0 Å². The number of halogens is 2. The first-order valence-electron chi connectivity index (χ1n) is 4.75. The maximum Gasteiger partial charge on any atom is 0.126 e. The molecule has 2 N–H and O–H groups in total. The van der Waals surface area contributed by atoms with E-state index in [2.05, 4.69) is 4.98 Å². The van der Waals surface area contributed by atoms with E-state index in [1.807, 2.05) is 13.0 Å². The minimum atomic E-state index is -0.0208. The van der Waals surface area contributed by atoms with Crippen molar-refractivity contribution in [1.29, 1.82) is 0 Å². The minimum absolute atomic E-state index is 0.0208. The molecular formula is C11H10Cl2N2S. The average Bonchev–Trinajstić information content (AvgIpc) is 2.66. The fraction of sp³-hybridized carbons (Fsp3) is 0.182. The number of hydrogen-bond donors (Lipinski definition) is 1. The van der Waals surface area contributed by atoms with Crippen LogP contribution >= 0.6 is 34.5 Å².